The highest BCUT2D eigenvalue weighted by Crippen LogP contribution is 2.28. The molecule has 0 amide bonds. The first-order valence-corrected chi connectivity index (χ1v) is 4.83. The van der Waals surface area contributed by atoms with Crippen LogP contribution in [0.15, 0.2) is 0 Å². The molecule has 1 atom stereocenters. The SMILES string of the molecule is CCC[C@@H](C)C(O)(CC)CC. The van der Waals surface area contributed by atoms with Gasteiger partial charge in [0, 0.05) is 0 Å². The second-order valence-electron chi connectivity index (χ2n) is 3.50. The Bertz CT molecular complexity index is 95.0. The molecule has 0 rings (SSSR count). The molecule has 1 nitrogen and oxygen atoms in total. The summed E-state index contributed by atoms with van der Waals surface area (Å²) in [5.41, 5.74) is -0.407. The fourth-order valence-electron chi connectivity index (χ4n) is 1.65. The molecule has 0 unspecified atom stereocenters. The smallest absolute Gasteiger partial charge is 0.0668 e. The van der Waals surface area contributed by atoms with Gasteiger partial charge in [-0.1, -0.05) is 34.1 Å². The van der Waals surface area contributed by atoms with E-state index in [0.717, 1.165) is 19.3 Å². The van der Waals surface area contributed by atoms with Gasteiger partial charge in [0.05, 0.1) is 5.60 Å². The quantitative estimate of drug-likeness (QED) is 0.652. The lowest BCUT2D eigenvalue weighted by Gasteiger charge is -2.32. The van der Waals surface area contributed by atoms with Gasteiger partial charge in [0.25, 0.3) is 0 Å². The molecular formula is C10H22O. The van der Waals surface area contributed by atoms with Gasteiger partial charge >= 0.3 is 0 Å². The molecule has 0 aromatic rings. The molecule has 0 aliphatic heterocycles. The number of aliphatic hydroxyl groups is 1. The zero-order chi connectivity index (χ0) is 8.91. The molecule has 0 bridgehead atoms. The van der Waals surface area contributed by atoms with Crippen LogP contribution >= 0.6 is 0 Å². The Kier molecular flexibility index (Phi) is 4.74. The molecule has 1 N–H and O–H groups in total. The second-order valence-corrected chi connectivity index (χ2v) is 3.50. The third-order valence-electron chi connectivity index (χ3n) is 2.86. The van der Waals surface area contributed by atoms with Gasteiger partial charge < -0.3 is 5.11 Å². The Morgan fingerprint density at radius 2 is 1.64 bits per heavy atom. The first-order valence-electron chi connectivity index (χ1n) is 4.83. The molecule has 0 aliphatic rings. The van der Waals surface area contributed by atoms with Gasteiger partial charge in [0.15, 0.2) is 0 Å². The highest BCUT2D eigenvalue weighted by Gasteiger charge is 2.28. The van der Waals surface area contributed by atoms with Crippen LogP contribution in [0.1, 0.15) is 53.4 Å². The van der Waals surface area contributed by atoms with E-state index in [4.69, 9.17) is 0 Å². The van der Waals surface area contributed by atoms with E-state index < -0.39 is 5.60 Å². The van der Waals surface area contributed by atoms with Crippen molar-refractivity contribution in [2.24, 2.45) is 5.92 Å². The standard InChI is InChI=1S/C10H22O/c1-5-8-9(4)10(11,6-2)7-3/h9,11H,5-8H2,1-4H3/t9-/m1/s1. The maximum Gasteiger partial charge on any atom is 0.0668 e. The van der Waals surface area contributed by atoms with Gasteiger partial charge in [0.1, 0.15) is 0 Å². The molecule has 0 aromatic heterocycles. The zero-order valence-electron chi connectivity index (χ0n) is 8.35. The highest BCUT2D eigenvalue weighted by molar-refractivity contribution is 4.80. The fourth-order valence-corrected chi connectivity index (χ4v) is 1.65. The van der Waals surface area contributed by atoms with Gasteiger partial charge in [-0.2, -0.15) is 0 Å². The van der Waals surface area contributed by atoms with Gasteiger partial charge in [-0.15, -0.1) is 0 Å². The first kappa shape index (κ1) is 11.0. The Balaban J connectivity index is 4.00. The average molecular weight is 158 g/mol. The van der Waals surface area contributed by atoms with E-state index in [1.54, 1.807) is 0 Å². The fraction of sp³-hybridized carbons (Fsp3) is 1.00. The summed E-state index contributed by atoms with van der Waals surface area (Å²) in [5.74, 6) is 0.447. The van der Waals surface area contributed by atoms with Crippen molar-refractivity contribution in [1.29, 1.82) is 0 Å². The number of hydrogen-bond acceptors (Lipinski definition) is 1. The van der Waals surface area contributed by atoms with Crippen molar-refractivity contribution in [2.75, 3.05) is 0 Å². The van der Waals surface area contributed by atoms with Crippen LogP contribution in [0.25, 0.3) is 0 Å². The summed E-state index contributed by atoms with van der Waals surface area (Å²) in [7, 11) is 0. The van der Waals surface area contributed by atoms with Crippen LogP contribution in [-0.4, -0.2) is 10.7 Å². The van der Waals surface area contributed by atoms with Crippen LogP contribution in [0.4, 0.5) is 0 Å². The molecule has 0 spiro atoms. The largest absolute Gasteiger partial charge is 0.390 e. The maximum absolute atomic E-state index is 10.0. The van der Waals surface area contributed by atoms with E-state index in [1.807, 2.05) is 0 Å². The van der Waals surface area contributed by atoms with E-state index in [-0.39, 0.29) is 0 Å². The van der Waals surface area contributed by atoms with Crippen molar-refractivity contribution < 1.29 is 5.11 Å². The molecule has 0 heterocycles. The summed E-state index contributed by atoms with van der Waals surface area (Å²) >= 11 is 0. The van der Waals surface area contributed by atoms with E-state index in [9.17, 15) is 5.11 Å². The maximum atomic E-state index is 10.0. The third-order valence-corrected chi connectivity index (χ3v) is 2.86. The molecule has 0 saturated carbocycles. The summed E-state index contributed by atoms with van der Waals surface area (Å²) in [5, 5.41) is 10.0. The summed E-state index contributed by atoms with van der Waals surface area (Å²) in [4.78, 5) is 0. The summed E-state index contributed by atoms with van der Waals surface area (Å²) in [6.45, 7) is 8.45. The lowest BCUT2D eigenvalue weighted by molar-refractivity contribution is -0.0222. The van der Waals surface area contributed by atoms with Gasteiger partial charge in [-0.3, -0.25) is 0 Å². The topological polar surface area (TPSA) is 20.2 Å². The molecule has 0 aromatic carbocycles. The molecule has 0 fully saturated rings. The van der Waals surface area contributed by atoms with Crippen LogP contribution < -0.4 is 0 Å². The van der Waals surface area contributed by atoms with Crippen LogP contribution in [0, 0.1) is 5.92 Å². The molecule has 0 aliphatic carbocycles. The molecule has 0 radical (unpaired) electrons. The summed E-state index contributed by atoms with van der Waals surface area (Å²) < 4.78 is 0. The van der Waals surface area contributed by atoms with Crippen molar-refractivity contribution in [2.45, 2.75) is 59.0 Å². The Morgan fingerprint density at radius 3 is 1.91 bits per heavy atom. The molecular weight excluding hydrogens is 136 g/mol. The van der Waals surface area contributed by atoms with E-state index >= 15 is 0 Å². The van der Waals surface area contributed by atoms with Gasteiger partial charge in [-0.05, 0) is 25.2 Å². The molecule has 0 saturated heterocycles. The Labute approximate surface area is 70.8 Å². The minimum Gasteiger partial charge on any atom is -0.390 e. The van der Waals surface area contributed by atoms with Crippen molar-refractivity contribution in [1.82, 2.24) is 0 Å². The van der Waals surface area contributed by atoms with Crippen molar-refractivity contribution in [3.63, 3.8) is 0 Å². The normalized spacial score (nSPS) is 15.0. The zero-order valence-corrected chi connectivity index (χ0v) is 8.35. The lowest BCUT2D eigenvalue weighted by Crippen LogP contribution is -2.34. The summed E-state index contributed by atoms with van der Waals surface area (Å²) in [6.07, 6.45) is 4.07. The predicted molar refractivity (Wildman–Crippen MR) is 49.6 cm³/mol. The molecule has 1 heteroatoms. The van der Waals surface area contributed by atoms with E-state index in [0.29, 0.717) is 5.92 Å². The van der Waals surface area contributed by atoms with Crippen molar-refractivity contribution >= 4 is 0 Å². The predicted octanol–water partition coefficient (Wildman–Crippen LogP) is 2.97. The second kappa shape index (κ2) is 4.76. The molecule has 68 valence electrons. The molecule has 11 heavy (non-hydrogen) atoms. The highest BCUT2D eigenvalue weighted by atomic mass is 16.3. The lowest BCUT2D eigenvalue weighted by atomic mass is 9.81. The van der Waals surface area contributed by atoms with Gasteiger partial charge in [0.2, 0.25) is 0 Å². The Morgan fingerprint density at radius 1 is 1.18 bits per heavy atom. The van der Waals surface area contributed by atoms with Crippen molar-refractivity contribution in [3.8, 4) is 0 Å². The Hall–Kier alpha value is -0.0400. The van der Waals surface area contributed by atoms with Crippen LogP contribution in [0.5, 0.6) is 0 Å². The minimum atomic E-state index is -0.407. The van der Waals surface area contributed by atoms with Crippen LogP contribution in [0.2, 0.25) is 0 Å². The number of hydrogen-bond donors (Lipinski definition) is 1. The number of rotatable bonds is 5. The van der Waals surface area contributed by atoms with Crippen molar-refractivity contribution in [3.05, 3.63) is 0 Å². The summed E-state index contributed by atoms with van der Waals surface area (Å²) in [6, 6.07) is 0. The van der Waals surface area contributed by atoms with E-state index in [2.05, 4.69) is 27.7 Å². The monoisotopic (exact) mass is 158 g/mol. The average Bonchev–Trinajstić information content (AvgIpc) is 2.03. The van der Waals surface area contributed by atoms with Crippen LogP contribution in [0.3, 0.4) is 0 Å². The van der Waals surface area contributed by atoms with E-state index in [1.165, 1.54) is 6.42 Å². The first-order chi connectivity index (χ1) is 5.10. The third kappa shape index (κ3) is 2.82. The van der Waals surface area contributed by atoms with Gasteiger partial charge in [-0.25, -0.2) is 0 Å². The van der Waals surface area contributed by atoms with Crippen LogP contribution in [-0.2, 0) is 0 Å². The minimum absolute atomic E-state index is 0.407.